The Morgan fingerprint density at radius 3 is 2.41 bits per heavy atom. The van der Waals surface area contributed by atoms with Crippen LogP contribution in [-0.2, 0) is 20.4 Å². The molecule has 0 radical (unpaired) electrons. The molecule has 2 N–H and O–H groups in total. The highest BCUT2D eigenvalue weighted by Gasteiger charge is 2.51. The molecule has 3 aliphatic heterocycles. The van der Waals surface area contributed by atoms with E-state index in [4.69, 9.17) is 4.74 Å². The summed E-state index contributed by atoms with van der Waals surface area (Å²) in [6.45, 7) is 2.60. The second-order valence-electron chi connectivity index (χ2n) is 10.6. The minimum atomic E-state index is -4.84. The molecule has 8 nitrogen and oxygen atoms in total. The summed E-state index contributed by atoms with van der Waals surface area (Å²) >= 11 is 4.34. The number of piperazine rings is 1. The van der Waals surface area contributed by atoms with Gasteiger partial charge in [-0.15, -0.1) is 12.6 Å². The van der Waals surface area contributed by atoms with E-state index in [2.05, 4.69) is 17.5 Å². The molecule has 0 saturated carbocycles. The summed E-state index contributed by atoms with van der Waals surface area (Å²) in [4.78, 5) is 4.61. The van der Waals surface area contributed by atoms with E-state index < -0.39 is 27.9 Å². The first-order valence-corrected chi connectivity index (χ1v) is 14.7. The summed E-state index contributed by atoms with van der Waals surface area (Å²) in [6.07, 6.45) is -4.82. The number of rotatable bonds is 6. The Labute approximate surface area is 231 Å². The molecule has 39 heavy (non-hydrogen) atoms. The number of hydrogen-bond acceptors (Lipinski definition) is 8. The van der Waals surface area contributed by atoms with Crippen molar-refractivity contribution in [2.75, 3.05) is 44.3 Å². The molecular formula is C26H32F3N3O5S2. The third-order valence-corrected chi connectivity index (χ3v) is 10.6. The standard InChI is InChI=1S/C26H32F3N3O5S2/c1-25(34,26(27,28)29)17-6-8-18(9-7-17)31-11-10-30(39(35,36)24-5-3-2-4-23(24)38)13-20(31)14-32-19-12-22(33)21(32)16-37-15-19/h2-9,19-22,33-34,38H,10-16H2,1H3/t19?,20-,21?,22?,25+/m1/s1. The van der Waals surface area contributed by atoms with Crippen LogP contribution in [0.3, 0.4) is 0 Å². The van der Waals surface area contributed by atoms with Gasteiger partial charge >= 0.3 is 6.18 Å². The number of sulfonamides is 1. The number of anilines is 1. The highest BCUT2D eigenvalue weighted by Crippen LogP contribution is 2.39. The van der Waals surface area contributed by atoms with Gasteiger partial charge in [0.2, 0.25) is 10.0 Å². The number of fused-ring (bicyclic) bond motifs is 2. The van der Waals surface area contributed by atoms with E-state index >= 15 is 0 Å². The summed E-state index contributed by atoms with van der Waals surface area (Å²) in [5, 5.41) is 20.6. The van der Waals surface area contributed by atoms with Crippen LogP contribution in [0, 0.1) is 0 Å². The Bertz CT molecular complexity index is 1290. The molecule has 5 rings (SSSR count). The van der Waals surface area contributed by atoms with Crippen LogP contribution in [0.4, 0.5) is 18.9 Å². The molecule has 3 unspecified atom stereocenters. The first-order chi connectivity index (χ1) is 18.3. The molecule has 13 heteroatoms. The lowest BCUT2D eigenvalue weighted by molar-refractivity contribution is -0.258. The number of morpholine rings is 1. The number of alkyl halides is 3. The monoisotopic (exact) mass is 587 g/mol. The lowest BCUT2D eigenvalue weighted by atomic mass is 9.95. The highest BCUT2D eigenvalue weighted by molar-refractivity contribution is 7.90. The van der Waals surface area contributed by atoms with Gasteiger partial charge in [0.05, 0.1) is 36.3 Å². The largest absolute Gasteiger partial charge is 0.421 e. The van der Waals surface area contributed by atoms with Gasteiger partial charge in [0.25, 0.3) is 0 Å². The molecule has 3 heterocycles. The number of halogens is 3. The van der Waals surface area contributed by atoms with Gasteiger partial charge in [-0.05, 0) is 43.2 Å². The number of ether oxygens (including phenoxy) is 1. The van der Waals surface area contributed by atoms with Crippen molar-refractivity contribution in [1.29, 1.82) is 0 Å². The van der Waals surface area contributed by atoms with Gasteiger partial charge in [0, 0.05) is 42.8 Å². The highest BCUT2D eigenvalue weighted by atomic mass is 32.2. The molecular weight excluding hydrogens is 555 g/mol. The molecule has 0 spiro atoms. The lowest BCUT2D eigenvalue weighted by Crippen LogP contribution is -2.61. The lowest BCUT2D eigenvalue weighted by Gasteiger charge is -2.46. The van der Waals surface area contributed by atoms with Crippen molar-refractivity contribution in [3.8, 4) is 0 Å². The Kier molecular flexibility index (Phi) is 7.72. The Morgan fingerprint density at radius 1 is 1.08 bits per heavy atom. The van der Waals surface area contributed by atoms with Crippen LogP contribution in [0.1, 0.15) is 18.9 Å². The summed E-state index contributed by atoms with van der Waals surface area (Å²) in [7, 11) is -3.86. The Morgan fingerprint density at radius 2 is 1.77 bits per heavy atom. The maximum atomic E-state index is 13.6. The summed E-state index contributed by atoms with van der Waals surface area (Å²) < 4.78 is 74.3. The molecule has 2 aromatic rings. The van der Waals surface area contributed by atoms with Gasteiger partial charge in [-0.1, -0.05) is 24.3 Å². The topological polar surface area (TPSA) is 93.6 Å². The minimum Gasteiger partial charge on any atom is -0.391 e. The number of hydrogen-bond donors (Lipinski definition) is 3. The normalized spacial score (nSPS) is 28.4. The first kappa shape index (κ1) is 28.7. The molecule has 0 aromatic heterocycles. The van der Waals surface area contributed by atoms with E-state index in [9.17, 15) is 31.8 Å². The van der Waals surface area contributed by atoms with E-state index in [1.54, 1.807) is 18.2 Å². The molecule has 3 fully saturated rings. The quantitative estimate of drug-likeness (QED) is 0.448. The second-order valence-corrected chi connectivity index (χ2v) is 12.9. The fraction of sp³-hybridized carbons (Fsp3) is 0.538. The van der Waals surface area contributed by atoms with E-state index in [-0.39, 0.29) is 41.7 Å². The van der Waals surface area contributed by atoms with Gasteiger partial charge in [0.1, 0.15) is 0 Å². The third-order valence-electron chi connectivity index (χ3n) is 8.11. The van der Waals surface area contributed by atoms with E-state index in [1.165, 1.54) is 34.6 Å². The fourth-order valence-electron chi connectivity index (χ4n) is 5.78. The average Bonchev–Trinajstić information content (AvgIpc) is 3.04. The van der Waals surface area contributed by atoms with Gasteiger partial charge < -0.3 is 19.8 Å². The van der Waals surface area contributed by atoms with Gasteiger partial charge in [0.15, 0.2) is 5.60 Å². The zero-order chi connectivity index (χ0) is 28.2. The van der Waals surface area contributed by atoms with Crippen molar-refractivity contribution in [3.63, 3.8) is 0 Å². The van der Waals surface area contributed by atoms with Crippen molar-refractivity contribution in [2.45, 2.75) is 59.1 Å². The average molecular weight is 588 g/mol. The molecule has 2 aromatic carbocycles. The number of aliphatic hydroxyl groups excluding tert-OH is 1. The van der Waals surface area contributed by atoms with Crippen molar-refractivity contribution in [1.82, 2.24) is 9.21 Å². The van der Waals surface area contributed by atoms with Gasteiger partial charge in [-0.2, -0.15) is 17.5 Å². The van der Waals surface area contributed by atoms with Gasteiger partial charge in [-0.3, -0.25) is 4.90 Å². The van der Waals surface area contributed by atoms with Crippen LogP contribution in [0.15, 0.2) is 58.3 Å². The molecule has 2 bridgehead atoms. The molecule has 214 valence electrons. The molecule has 3 saturated heterocycles. The predicted octanol–water partition coefficient (Wildman–Crippen LogP) is 2.46. The van der Waals surface area contributed by atoms with Crippen molar-refractivity contribution in [3.05, 3.63) is 54.1 Å². The van der Waals surface area contributed by atoms with E-state index in [1.807, 2.05) is 4.90 Å². The summed E-state index contributed by atoms with van der Waals surface area (Å²) in [5.74, 6) is 0. The number of thiol groups is 1. The van der Waals surface area contributed by atoms with E-state index in [0.717, 1.165) is 0 Å². The van der Waals surface area contributed by atoms with Crippen LogP contribution in [0.25, 0.3) is 0 Å². The second kappa shape index (κ2) is 10.5. The van der Waals surface area contributed by atoms with Crippen LogP contribution < -0.4 is 4.90 Å². The van der Waals surface area contributed by atoms with Crippen LogP contribution in [0.5, 0.6) is 0 Å². The molecule has 0 amide bonds. The zero-order valence-electron chi connectivity index (χ0n) is 21.3. The summed E-state index contributed by atoms with van der Waals surface area (Å²) in [5.41, 5.74) is -2.66. The predicted molar refractivity (Wildman–Crippen MR) is 141 cm³/mol. The van der Waals surface area contributed by atoms with E-state index in [0.29, 0.717) is 50.2 Å². The Hall–Kier alpha value is -1.87. The minimum absolute atomic E-state index is 0.00462. The van der Waals surface area contributed by atoms with Crippen LogP contribution in [-0.4, -0.2) is 97.6 Å². The maximum Gasteiger partial charge on any atom is 0.421 e. The fourth-order valence-corrected chi connectivity index (χ4v) is 7.84. The molecule has 5 atom stereocenters. The first-order valence-electron chi connectivity index (χ1n) is 12.8. The maximum absolute atomic E-state index is 13.6. The van der Waals surface area contributed by atoms with Crippen molar-refractivity contribution < 1.29 is 36.5 Å². The van der Waals surface area contributed by atoms with Crippen LogP contribution in [0.2, 0.25) is 0 Å². The third kappa shape index (κ3) is 5.30. The van der Waals surface area contributed by atoms with Crippen molar-refractivity contribution >= 4 is 28.3 Å². The van der Waals surface area contributed by atoms with Crippen LogP contribution >= 0.6 is 12.6 Å². The van der Waals surface area contributed by atoms with Crippen molar-refractivity contribution in [2.24, 2.45) is 0 Å². The number of nitrogens with zero attached hydrogens (tertiary/aromatic N) is 3. The SMILES string of the molecule is C[C@](O)(c1ccc(N2CCN(S(=O)(=O)c3ccccc3S)C[C@@H]2CN2C3COCC2C(O)C3)cc1)C(F)(F)F. The molecule has 3 aliphatic rings. The molecule has 0 aliphatic carbocycles. The van der Waals surface area contributed by atoms with Gasteiger partial charge in [-0.25, -0.2) is 8.42 Å². The summed E-state index contributed by atoms with van der Waals surface area (Å²) in [6, 6.07) is 11.5. The number of aliphatic hydroxyl groups is 2. The smallest absolute Gasteiger partial charge is 0.391 e. The zero-order valence-corrected chi connectivity index (χ0v) is 23.0. The number of benzene rings is 2. The Balaban J connectivity index is 1.44.